The first-order valence-electron chi connectivity index (χ1n) is 13.1. The quantitative estimate of drug-likeness (QED) is 0.213. The van der Waals surface area contributed by atoms with Gasteiger partial charge in [0.2, 0.25) is 11.8 Å². The van der Waals surface area contributed by atoms with E-state index < -0.39 is 52.1 Å². The fourth-order valence-electron chi connectivity index (χ4n) is 4.67. The molecule has 13 nitrogen and oxygen atoms in total. The minimum Gasteiger partial charge on any atom is -0.478 e. The third-order valence-corrected chi connectivity index (χ3v) is 7.90. The number of carboxylic acids is 2. The van der Waals surface area contributed by atoms with Crippen LogP contribution in [0.25, 0.3) is 0 Å². The molecule has 5 N–H and O–H groups in total. The molecule has 44 heavy (non-hydrogen) atoms. The summed E-state index contributed by atoms with van der Waals surface area (Å²) >= 11 is 0. The number of aromatic carboxylic acids is 1. The number of aliphatic hydroxyl groups is 1. The molecule has 0 spiro atoms. The maximum Gasteiger partial charge on any atom is 0.395 e. The van der Waals surface area contributed by atoms with Gasteiger partial charge < -0.3 is 26.0 Å². The van der Waals surface area contributed by atoms with E-state index in [1.165, 1.54) is 78.6 Å². The standard InChI is InChI=1S/C30H31N3O10S/c1-18(35)32(17-19-7-10-22(11-8-19)44(2,42)43)26(27(31)36)16-20-9-12-24(21(15-20)13-14-34)33(28(37)30(40)41)25-6-4-3-5-23(25)29(38)39/h3-12,15,26,34H,13-14,16-17H2,1-2H3,(H2,31,36)(H,38,39)(H,40,41)/t26-/m0/s1. The molecule has 0 bridgehead atoms. The normalized spacial score (nSPS) is 11.8. The lowest BCUT2D eigenvalue weighted by atomic mass is 9.97. The Kier molecular flexibility index (Phi) is 10.6. The maximum atomic E-state index is 12.9. The summed E-state index contributed by atoms with van der Waals surface area (Å²) < 4.78 is 23.6. The van der Waals surface area contributed by atoms with Crippen molar-refractivity contribution in [2.24, 2.45) is 5.73 Å². The van der Waals surface area contributed by atoms with E-state index in [0.717, 1.165) is 11.2 Å². The molecule has 0 radical (unpaired) electrons. The third kappa shape index (κ3) is 7.85. The van der Waals surface area contributed by atoms with Gasteiger partial charge in [-0.2, -0.15) is 0 Å². The Morgan fingerprint density at radius 2 is 1.50 bits per heavy atom. The fraction of sp³-hybridized carbons (Fsp3) is 0.233. The van der Waals surface area contributed by atoms with Gasteiger partial charge in [0.1, 0.15) is 6.04 Å². The van der Waals surface area contributed by atoms with E-state index in [4.69, 9.17) is 5.73 Å². The number of sulfone groups is 1. The highest BCUT2D eigenvalue weighted by Gasteiger charge is 2.31. The third-order valence-electron chi connectivity index (χ3n) is 6.77. The maximum absolute atomic E-state index is 12.9. The molecular formula is C30H31N3O10S. The van der Waals surface area contributed by atoms with Gasteiger partial charge in [-0.1, -0.05) is 36.4 Å². The average Bonchev–Trinajstić information content (AvgIpc) is 2.95. The number of aliphatic carboxylic acids is 1. The summed E-state index contributed by atoms with van der Waals surface area (Å²) in [6, 6.07) is 14.3. The first kappa shape index (κ1) is 33.4. The summed E-state index contributed by atoms with van der Waals surface area (Å²) in [6.45, 7) is 0.756. The Hall–Kier alpha value is -5.08. The fourth-order valence-corrected chi connectivity index (χ4v) is 5.30. The van der Waals surface area contributed by atoms with Crippen molar-refractivity contribution in [3.63, 3.8) is 0 Å². The summed E-state index contributed by atoms with van der Waals surface area (Å²) in [5.74, 6) is -6.01. The van der Waals surface area contributed by atoms with Crippen LogP contribution in [0, 0.1) is 0 Å². The zero-order valence-corrected chi connectivity index (χ0v) is 24.7. The van der Waals surface area contributed by atoms with Crippen molar-refractivity contribution in [2.45, 2.75) is 37.2 Å². The molecule has 0 heterocycles. The Labute approximate surface area is 253 Å². The number of benzene rings is 3. The first-order chi connectivity index (χ1) is 20.6. The number of anilines is 2. The summed E-state index contributed by atoms with van der Waals surface area (Å²) in [5.41, 5.74) is 6.38. The van der Waals surface area contributed by atoms with Crippen molar-refractivity contribution in [3.8, 4) is 0 Å². The Morgan fingerprint density at radius 3 is 2.02 bits per heavy atom. The number of carbonyl (C=O) groups is 5. The van der Waals surface area contributed by atoms with Crippen molar-refractivity contribution >= 4 is 50.9 Å². The number of para-hydroxylation sites is 1. The van der Waals surface area contributed by atoms with E-state index in [1.807, 2.05) is 0 Å². The highest BCUT2D eigenvalue weighted by molar-refractivity contribution is 7.90. The molecule has 0 aromatic heterocycles. The largest absolute Gasteiger partial charge is 0.478 e. The molecule has 3 rings (SSSR count). The minimum absolute atomic E-state index is 0.00563. The number of hydrogen-bond acceptors (Lipinski definition) is 8. The number of aliphatic hydroxyl groups excluding tert-OH is 1. The second-order valence-electron chi connectivity index (χ2n) is 9.89. The van der Waals surface area contributed by atoms with Gasteiger partial charge in [0.05, 0.1) is 21.8 Å². The van der Waals surface area contributed by atoms with Crippen LogP contribution < -0.4 is 10.6 Å². The summed E-state index contributed by atoms with van der Waals surface area (Å²) in [5, 5.41) is 29.0. The van der Waals surface area contributed by atoms with Crippen molar-refractivity contribution in [1.82, 2.24) is 4.90 Å². The first-order valence-corrected chi connectivity index (χ1v) is 15.0. The van der Waals surface area contributed by atoms with Crippen LogP contribution in [0.1, 0.15) is 34.0 Å². The van der Waals surface area contributed by atoms with Gasteiger partial charge in [0.15, 0.2) is 9.84 Å². The predicted molar refractivity (Wildman–Crippen MR) is 158 cm³/mol. The Balaban J connectivity index is 2.05. The lowest BCUT2D eigenvalue weighted by Gasteiger charge is -2.30. The Bertz CT molecular complexity index is 1700. The molecule has 0 unspecified atom stereocenters. The molecule has 0 aliphatic carbocycles. The number of carboxylic acid groups (broad SMARTS) is 2. The lowest BCUT2D eigenvalue weighted by molar-refractivity contribution is -0.148. The SMILES string of the molecule is CC(=O)N(Cc1ccc(S(C)(=O)=O)cc1)[C@@H](Cc1ccc(N(C(=O)C(=O)O)c2ccccc2C(=O)O)c(CCO)c1)C(N)=O. The smallest absolute Gasteiger partial charge is 0.395 e. The summed E-state index contributed by atoms with van der Waals surface area (Å²) in [4.78, 5) is 63.8. The van der Waals surface area contributed by atoms with Crippen molar-refractivity contribution in [3.05, 3.63) is 89.0 Å². The minimum atomic E-state index is -3.45. The van der Waals surface area contributed by atoms with Gasteiger partial charge in [-0.05, 0) is 53.4 Å². The average molecular weight is 626 g/mol. The van der Waals surface area contributed by atoms with Gasteiger partial charge in [0.25, 0.3) is 0 Å². The van der Waals surface area contributed by atoms with Gasteiger partial charge in [-0.3, -0.25) is 19.3 Å². The van der Waals surface area contributed by atoms with E-state index in [2.05, 4.69) is 0 Å². The van der Waals surface area contributed by atoms with E-state index in [9.17, 15) is 47.7 Å². The van der Waals surface area contributed by atoms with Crippen LogP contribution in [0.2, 0.25) is 0 Å². The van der Waals surface area contributed by atoms with Crippen molar-refractivity contribution in [1.29, 1.82) is 0 Å². The number of primary amides is 1. The van der Waals surface area contributed by atoms with Crippen LogP contribution in [-0.2, 0) is 48.4 Å². The zero-order valence-electron chi connectivity index (χ0n) is 23.8. The summed E-state index contributed by atoms with van der Waals surface area (Å²) in [6.07, 6.45) is 0.880. The molecule has 14 heteroatoms. The van der Waals surface area contributed by atoms with Crippen LogP contribution in [0.5, 0.6) is 0 Å². The van der Waals surface area contributed by atoms with Crippen molar-refractivity contribution in [2.75, 3.05) is 17.8 Å². The van der Waals surface area contributed by atoms with Crippen molar-refractivity contribution < 1.29 is 47.7 Å². The molecule has 0 saturated carbocycles. The number of hydrogen-bond donors (Lipinski definition) is 4. The highest BCUT2D eigenvalue weighted by Crippen LogP contribution is 2.33. The second-order valence-corrected chi connectivity index (χ2v) is 11.9. The number of carbonyl (C=O) groups excluding carboxylic acids is 3. The number of nitrogens with zero attached hydrogens (tertiary/aromatic N) is 2. The number of nitrogens with two attached hydrogens (primary N) is 1. The predicted octanol–water partition coefficient (Wildman–Crippen LogP) is 1.52. The number of amides is 3. The Morgan fingerprint density at radius 1 is 0.886 bits per heavy atom. The zero-order chi connectivity index (χ0) is 32.8. The molecular weight excluding hydrogens is 594 g/mol. The van der Waals surface area contributed by atoms with Gasteiger partial charge >= 0.3 is 17.8 Å². The van der Waals surface area contributed by atoms with E-state index in [-0.39, 0.29) is 46.8 Å². The van der Waals surface area contributed by atoms with Crippen LogP contribution >= 0.6 is 0 Å². The van der Waals surface area contributed by atoms with Crippen LogP contribution in [0.3, 0.4) is 0 Å². The van der Waals surface area contributed by atoms with Crippen LogP contribution in [0.15, 0.2) is 71.6 Å². The topological polar surface area (TPSA) is 213 Å². The highest BCUT2D eigenvalue weighted by atomic mass is 32.2. The molecule has 1 atom stereocenters. The molecule has 3 amide bonds. The number of rotatable bonds is 12. The van der Waals surface area contributed by atoms with Gasteiger partial charge in [-0.25, -0.2) is 18.0 Å². The molecule has 232 valence electrons. The molecule has 0 saturated heterocycles. The summed E-state index contributed by atoms with van der Waals surface area (Å²) in [7, 11) is -3.45. The van der Waals surface area contributed by atoms with Gasteiger partial charge in [-0.15, -0.1) is 0 Å². The van der Waals surface area contributed by atoms with E-state index in [0.29, 0.717) is 11.1 Å². The lowest BCUT2D eigenvalue weighted by Crippen LogP contribution is -2.48. The van der Waals surface area contributed by atoms with E-state index >= 15 is 0 Å². The van der Waals surface area contributed by atoms with Crippen LogP contribution in [-0.4, -0.2) is 77.2 Å². The molecule has 0 aliphatic rings. The van der Waals surface area contributed by atoms with Gasteiger partial charge in [0, 0.05) is 32.8 Å². The molecule has 3 aromatic rings. The van der Waals surface area contributed by atoms with E-state index in [1.54, 1.807) is 0 Å². The monoisotopic (exact) mass is 625 g/mol. The van der Waals surface area contributed by atoms with Crippen LogP contribution in [0.4, 0.5) is 11.4 Å². The molecule has 0 aliphatic heterocycles. The second kappa shape index (κ2) is 13.9. The molecule has 0 fully saturated rings. The molecule has 3 aromatic carbocycles.